The lowest BCUT2D eigenvalue weighted by Gasteiger charge is -2.05. The fourth-order valence-corrected chi connectivity index (χ4v) is 1.64. The average molecular weight is 318 g/mol. The van der Waals surface area contributed by atoms with Gasteiger partial charge in [0.25, 0.3) is 5.56 Å². The molecule has 2 rings (SSSR count). The summed E-state index contributed by atoms with van der Waals surface area (Å²) >= 11 is 0. The van der Waals surface area contributed by atoms with Crippen molar-refractivity contribution in [1.82, 2.24) is 9.97 Å². The molecule has 0 aliphatic carbocycles. The van der Waals surface area contributed by atoms with E-state index >= 15 is 0 Å². The molecule has 0 fully saturated rings. The first-order chi connectivity index (χ1) is 10.9. The lowest BCUT2D eigenvalue weighted by molar-refractivity contribution is -0.120. The normalized spacial score (nSPS) is 10.9. The van der Waals surface area contributed by atoms with E-state index in [1.54, 1.807) is 12.1 Å². The second-order valence-electron chi connectivity index (χ2n) is 4.73. The molecular weight excluding hydrogens is 304 g/mol. The third-order valence-corrected chi connectivity index (χ3v) is 3.00. The van der Waals surface area contributed by atoms with E-state index in [9.17, 15) is 19.5 Å². The maximum absolute atomic E-state index is 11.6. The maximum Gasteiger partial charge on any atom is 0.328 e. The zero-order chi connectivity index (χ0) is 17.0. The summed E-state index contributed by atoms with van der Waals surface area (Å²) in [6.45, 7) is 3.48. The van der Waals surface area contributed by atoms with E-state index in [2.05, 4.69) is 10.2 Å². The zero-order valence-electron chi connectivity index (χ0n) is 12.4. The molecule has 23 heavy (non-hydrogen) atoms. The molecule has 0 saturated heterocycles. The number of benzene rings is 1. The fraction of sp³-hybridized carbons (Fsp3) is 0.214. The summed E-state index contributed by atoms with van der Waals surface area (Å²) in [6, 6.07) is 5.35. The number of carbonyl (C=O) groups is 1. The van der Waals surface area contributed by atoms with Crippen molar-refractivity contribution in [2.45, 2.75) is 13.8 Å². The van der Waals surface area contributed by atoms with Crippen LogP contribution in [0.5, 0.6) is 11.6 Å². The van der Waals surface area contributed by atoms with Crippen LogP contribution in [-0.2, 0) is 4.79 Å². The molecule has 0 aliphatic heterocycles. The molecule has 3 N–H and O–H groups in total. The molecule has 2 aromatic rings. The number of H-pyrrole nitrogens is 2. The van der Waals surface area contributed by atoms with Crippen LogP contribution >= 0.6 is 0 Å². The Balaban J connectivity index is 2.03. The quantitative estimate of drug-likeness (QED) is 0.724. The molecule has 0 unspecified atom stereocenters. The second-order valence-corrected chi connectivity index (χ2v) is 4.73. The molecule has 0 radical (unpaired) electrons. The van der Waals surface area contributed by atoms with Crippen molar-refractivity contribution in [2.24, 2.45) is 10.2 Å². The smallest absolute Gasteiger partial charge is 0.328 e. The van der Waals surface area contributed by atoms with E-state index in [1.807, 2.05) is 29.9 Å². The van der Waals surface area contributed by atoms with Crippen LogP contribution in [0, 0.1) is 13.8 Å². The fourth-order valence-electron chi connectivity index (χ4n) is 1.64. The summed E-state index contributed by atoms with van der Waals surface area (Å²) in [7, 11) is 0. The van der Waals surface area contributed by atoms with Gasteiger partial charge in [0.1, 0.15) is 5.75 Å². The molecule has 0 aliphatic rings. The van der Waals surface area contributed by atoms with Gasteiger partial charge in [-0.2, -0.15) is 0 Å². The van der Waals surface area contributed by atoms with E-state index in [-0.39, 0.29) is 6.61 Å². The number of rotatable bonds is 4. The Morgan fingerprint density at radius 1 is 1.22 bits per heavy atom. The van der Waals surface area contributed by atoms with Gasteiger partial charge in [0.2, 0.25) is 11.6 Å². The summed E-state index contributed by atoms with van der Waals surface area (Å²) in [4.78, 5) is 37.6. The van der Waals surface area contributed by atoms with Crippen LogP contribution in [0.2, 0.25) is 0 Å². The van der Waals surface area contributed by atoms with E-state index in [4.69, 9.17) is 4.74 Å². The van der Waals surface area contributed by atoms with Crippen molar-refractivity contribution < 1.29 is 14.6 Å². The standard InChI is InChI=1S/C14H14N4O5/c1-7-3-4-9(5-8(7)2)23-6-10(19)17-18-11-12(20)15-14(22)16-13(11)21/h3-5H,6H2,1-2H3,(H3,15,16,20,21,22). The van der Waals surface area contributed by atoms with Crippen LogP contribution in [0.1, 0.15) is 11.1 Å². The number of aromatic hydroxyl groups is 1. The summed E-state index contributed by atoms with van der Waals surface area (Å²) in [5.41, 5.74) is -0.310. The van der Waals surface area contributed by atoms with Gasteiger partial charge in [-0.1, -0.05) is 6.07 Å². The molecule has 9 nitrogen and oxygen atoms in total. The number of azo groups is 1. The minimum Gasteiger partial charge on any atom is -0.493 e. The molecule has 1 heterocycles. The second kappa shape index (κ2) is 6.69. The predicted molar refractivity (Wildman–Crippen MR) is 80.3 cm³/mol. The molecule has 0 spiro atoms. The van der Waals surface area contributed by atoms with Gasteiger partial charge >= 0.3 is 11.6 Å². The van der Waals surface area contributed by atoms with Gasteiger partial charge < -0.3 is 9.84 Å². The zero-order valence-corrected chi connectivity index (χ0v) is 12.4. The highest BCUT2D eigenvalue weighted by Crippen LogP contribution is 2.17. The van der Waals surface area contributed by atoms with Crippen LogP contribution < -0.4 is 16.0 Å². The maximum atomic E-state index is 11.6. The van der Waals surface area contributed by atoms with E-state index in [0.29, 0.717) is 5.75 Å². The summed E-state index contributed by atoms with van der Waals surface area (Å²) < 4.78 is 5.26. The highest BCUT2D eigenvalue weighted by atomic mass is 16.5. The topological polar surface area (TPSA) is 137 Å². The summed E-state index contributed by atoms with van der Waals surface area (Å²) in [5.74, 6) is -1.03. The van der Waals surface area contributed by atoms with E-state index < -0.39 is 28.7 Å². The number of nitrogens with one attached hydrogen (secondary N) is 2. The Labute approximate surface area is 129 Å². The Morgan fingerprint density at radius 3 is 2.61 bits per heavy atom. The molecule has 0 atom stereocenters. The minimum atomic E-state index is -0.960. The number of ether oxygens (including phenoxy) is 1. The molecular formula is C14H14N4O5. The van der Waals surface area contributed by atoms with Crippen LogP contribution in [0.4, 0.5) is 5.69 Å². The lowest BCUT2D eigenvalue weighted by atomic mass is 10.1. The molecule has 1 aromatic carbocycles. The monoisotopic (exact) mass is 318 g/mol. The first-order valence-corrected chi connectivity index (χ1v) is 6.57. The summed E-state index contributed by atoms with van der Waals surface area (Å²) in [6.07, 6.45) is 0. The Kier molecular flexibility index (Phi) is 4.69. The van der Waals surface area contributed by atoms with Crippen molar-refractivity contribution in [2.75, 3.05) is 6.61 Å². The summed E-state index contributed by atoms with van der Waals surface area (Å²) in [5, 5.41) is 16.0. The van der Waals surface area contributed by atoms with Gasteiger partial charge in [0.15, 0.2) is 6.61 Å². The molecule has 1 aromatic heterocycles. The number of aromatic amines is 2. The van der Waals surface area contributed by atoms with Crippen molar-refractivity contribution in [3.8, 4) is 11.6 Å². The van der Waals surface area contributed by atoms with Crippen molar-refractivity contribution in [1.29, 1.82) is 0 Å². The number of aromatic nitrogens is 2. The van der Waals surface area contributed by atoms with Gasteiger partial charge in [-0.15, -0.1) is 10.2 Å². The van der Waals surface area contributed by atoms with Crippen LogP contribution in [-0.4, -0.2) is 27.6 Å². The van der Waals surface area contributed by atoms with Gasteiger partial charge in [-0.25, -0.2) is 4.79 Å². The van der Waals surface area contributed by atoms with Crippen LogP contribution in [0.3, 0.4) is 0 Å². The number of amides is 1. The number of hydrogen-bond acceptors (Lipinski definition) is 6. The Hall–Kier alpha value is -3.23. The highest BCUT2D eigenvalue weighted by molar-refractivity contribution is 5.78. The third-order valence-electron chi connectivity index (χ3n) is 3.00. The minimum absolute atomic E-state index is 0.381. The van der Waals surface area contributed by atoms with Gasteiger partial charge in [0, 0.05) is 0 Å². The first-order valence-electron chi connectivity index (χ1n) is 6.57. The Morgan fingerprint density at radius 2 is 1.96 bits per heavy atom. The van der Waals surface area contributed by atoms with Crippen molar-refractivity contribution in [3.63, 3.8) is 0 Å². The number of hydrogen-bond donors (Lipinski definition) is 3. The van der Waals surface area contributed by atoms with Gasteiger partial charge in [-0.3, -0.25) is 19.6 Å². The number of aryl methyl sites for hydroxylation is 2. The van der Waals surface area contributed by atoms with Gasteiger partial charge in [-0.05, 0) is 37.1 Å². The average Bonchev–Trinajstić information content (AvgIpc) is 2.47. The molecule has 1 amide bonds. The van der Waals surface area contributed by atoms with Crippen molar-refractivity contribution >= 4 is 11.6 Å². The lowest BCUT2D eigenvalue weighted by Crippen LogP contribution is -2.21. The van der Waals surface area contributed by atoms with E-state index in [0.717, 1.165) is 11.1 Å². The van der Waals surface area contributed by atoms with E-state index in [1.165, 1.54) is 0 Å². The first kappa shape index (κ1) is 16.1. The van der Waals surface area contributed by atoms with Crippen LogP contribution in [0.25, 0.3) is 0 Å². The van der Waals surface area contributed by atoms with Gasteiger partial charge in [0.05, 0.1) is 0 Å². The third kappa shape index (κ3) is 4.13. The largest absolute Gasteiger partial charge is 0.493 e. The predicted octanol–water partition coefficient (Wildman–Crippen LogP) is 1.07. The number of nitrogens with zero attached hydrogens (tertiary/aromatic N) is 2. The Bertz CT molecular complexity index is 881. The molecule has 9 heteroatoms. The van der Waals surface area contributed by atoms with Crippen LogP contribution in [0.15, 0.2) is 38.0 Å². The highest BCUT2D eigenvalue weighted by Gasteiger charge is 2.09. The molecule has 0 bridgehead atoms. The number of carbonyl (C=O) groups excluding carboxylic acids is 1. The molecule has 120 valence electrons. The SMILES string of the molecule is Cc1ccc(OCC(=O)N=Nc2c(O)[nH]c(=O)[nH]c2=O)cc1C. The van der Waals surface area contributed by atoms with Crippen molar-refractivity contribution in [3.05, 3.63) is 50.2 Å². The molecule has 0 saturated carbocycles.